The topological polar surface area (TPSA) is 71.8 Å². The molecule has 1 atom stereocenters. The molecule has 0 aliphatic carbocycles. The number of amides is 1. The van der Waals surface area contributed by atoms with Gasteiger partial charge in [-0.05, 0) is 30.5 Å². The number of halogens is 1. The lowest BCUT2D eigenvalue weighted by molar-refractivity contribution is -0.118. The smallest absolute Gasteiger partial charge is 0.247 e. The van der Waals surface area contributed by atoms with Crippen molar-refractivity contribution in [1.82, 2.24) is 20.1 Å². The van der Waals surface area contributed by atoms with Crippen molar-refractivity contribution in [3.05, 3.63) is 102 Å². The Hall–Kier alpha value is -3.84. The van der Waals surface area contributed by atoms with Crippen LogP contribution in [-0.2, 0) is 18.3 Å². The molecule has 0 fully saturated rings. The van der Waals surface area contributed by atoms with Gasteiger partial charge >= 0.3 is 0 Å². The number of aryl methyl sites for hydroxylation is 2. The molecule has 2 aromatic carbocycles. The Morgan fingerprint density at radius 3 is 2.48 bits per heavy atom. The van der Waals surface area contributed by atoms with Crippen molar-refractivity contribution in [2.75, 3.05) is 11.9 Å². The first-order valence-electron chi connectivity index (χ1n) is 10.8. The van der Waals surface area contributed by atoms with E-state index in [0.29, 0.717) is 12.1 Å². The number of hydrogen-bond acceptors (Lipinski definition) is 4. The highest BCUT2D eigenvalue weighted by atomic mass is 19.1. The van der Waals surface area contributed by atoms with E-state index in [0.717, 1.165) is 17.5 Å². The number of rotatable bonds is 8. The van der Waals surface area contributed by atoms with Gasteiger partial charge in [0.1, 0.15) is 6.04 Å². The van der Waals surface area contributed by atoms with Gasteiger partial charge in [0.2, 0.25) is 5.91 Å². The quantitative estimate of drug-likeness (QED) is 0.422. The maximum absolute atomic E-state index is 14.7. The summed E-state index contributed by atoms with van der Waals surface area (Å²) in [5.74, 6) is -1.07. The van der Waals surface area contributed by atoms with Crippen molar-refractivity contribution in [2.45, 2.75) is 19.4 Å². The number of carbonyl (C=O) groups excluding carboxylic acids is 1. The van der Waals surface area contributed by atoms with Gasteiger partial charge in [0.05, 0.1) is 6.20 Å². The van der Waals surface area contributed by atoms with Crippen molar-refractivity contribution in [3.63, 3.8) is 0 Å². The summed E-state index contributed by atoms with van der Waals surface area (Å²) in [6, 6.07) is 18.4. The number of hydrogen-bond donors (Lipinski definition) is 2. The van der Waals surface area contributed by atoms with E-state index in [1.54, 1.807) is 24.1 Å². The second-order valence-corrected chi connectivity index (χ2v) is 7.98. The molecular weight excluding hydrogens is 417 g/mol. The van der Waals surface area contributed by atoms with Gasteiger partial charge < -0.3 is 10.6 Å². The molecule has 0 aliphatic rings. The van der Waals surface area contributed by atoms with E-state index in [4.69, 9.17) is 0 Å². The number of nitrogens with zero attached hydrogens (tertiary/aromatic N) is 3. The van der Waals surface area contributed by atoms with E-state index < -0.39 is 11.9 Å². The summed E-state index contributed by atoms with van der Waals surface area (Å²) in [5, 5.41) is 10.0. The fraction of sp³-hybridized carbons (Fsp3) is 0.192. The maximum Gasteiger partial charge on any atom is 0.247 e. The van der Waals surface area contributed by atoms with Crippen LogP contribution in [0.4, 0.5) is 10.2 Å². The molecule has 2 N–H and O–H groups in total. The highest BCUT2D eigenvalue weighted by Crippen LogP contribution is 2.23. The number of pyridine rings is 1. The fourth-order valence-corrected chi connectivity index (χ4v) is 3.57. The van der Waals surface area contributed by atoms with Crippen molar-refractivity contribution >= 4 is 11.7 Å². The molecule has 6 nitrogen and oxygen atoms in total. The summed E-state index contributed by atoms with van der Waals surface area (Å²) in [4.78, 5) is 17.3. The molecule has 4 rings (SSSR count). The predicted molar refractivity (Wildman–Crippen MR) is 127 cm³/mol. The van der Waals surface area contributed by atoms with Gasteiger partial charge in [0.25, 0.3) is 0 Å². The van der Waals surface area contributed by atoms with Crippen molar-refractivity contribution in [1.29, 1.82) is 0 Å². The molecular formula is C26H26FN5O. The molecule has 4 aromatic rings. The lowest BCUT2D eigenvalue weighted by Gasteiger charge is -2.19. The Bertz CT molecular complexity index is 1220. The Morgan fingerprint density at radius 2 is 1.82 bits per heavy atom. The van der Waals surface area contributed by atoms with Gasteiger partial charge in [0.15, 0.2) is 11.6 Å². The monoisotopic (exact) mass is 443 g/mol. The van der Waals surface area contributed by atoms with Crippen LogP contribution in [0, 0.1) is 12.7 Å². The maximum atomic E-state index is 14.7. The zero-order chi connectivity index (χ0) is 23.2. The number of benzene rings is 2. The van der Waals surface area contributed by atoms with E-state index in [9.17, 15) is 9.18 Å². The Morgan fingerprint density at radius 1 is 1.06 bits per heavy atom. The summed E-state index contributed by atoms with van der Waals surface area (Å²) >= 11 is 0. The van der Waals surface area contributed by atoms with Crippen LogP contribution in [0.15, 0.2) is 79.3 Å². The van der Waals surface area contributed by atoms with Gasteiger partial charge in [-0.1, -0.05) is 60.2 Å². The van der Waals surface area contributed by atoms with Crippen LogP contribution < -0.4 is 10.6 Å². The molecule has 33 heavy (non-hydrogen) atoms. The number of anilines is 1. The van der Waals surface area contributed by atoms with E-state index in [1.807, 2.05) is 37.3 Å². The second-order valence-electron chi connectivity index (χ2n) is 7.98. The van der Waals surface area contributed by atoms with Gasteiger partial charge in [0, 0.05) is 37.1 Å². The first kappa shape index (κ1) is 22.4. The predicted octanol–water partition coefficient (Wildman–Crippen LogP) is 4.44. The molecule has 0 saturated carbocycles. The Balaban J connectivity index is 1.47. The molecule has 1 amide bonds. The van der Waals surface area contributed by atoms with E-state index in [-0.39, 0.29) is 11.7 Å². The summed E-state index contributed by atoms with van der Waals surface area (Å²) in [6.07, 6.45) is 5.71. The summed E-state index contributed by atoms with van der Waals surface area (Å²) < 4.78 is 16.4. The molecule has 2 aromatic heterocycles. The first-order valence-corrected chi connectivity index (χ1v) is 10.8. The average Bonchev–Trinajstić information content (AvgIpc) is 3.26. The van der Waals surface area contributed by atoms with Crippen LogP contribution in [0.25, 0.3) is 11.1 Å². The third-order valence-electron chi connectivity index (χ3n) is 5.40. The highest BCUT2D eigenvalue weighted by molar-refractivity contribution is 5.95. The van der Waals surface area contributed by atoms with Gasteiger partial charge in [-0.15, -0.1) is 0 Å². The standard InChI is InChI=1S/C26H26FN5O/c1-18-8-10-19(11-9-18)12-13-28-24(20-6-4-3-5-7-20)26(33)31-25-23(27)14-21(15-29-25)22-16-30-32(2)17-22/h3-11,14-17,24,28H,12-13H2,1-2H3,(H,29,31,33)/t24-/m0/s1. The normalized spacial score (nSPS) is 11.8. The molecule has 2 heterocycles. The molecule has 0 bridgehead atoms. The lowest BCUT2D eigenvalue weighted by atomic mass is 10.0. The molecule has 0 aliphatic heterocycles. The van der Waals surface area contributed by atoms with Gasteiger partial charge in [-0.25, -0.2) is 9.37 Å². The number of aromatic nitrogens is 3. The van der Waals surface area contributed by atoms with Crippen molar-refractivity contribution < 1.29 is 9.18 Å². The Kier molecular flexibility index (Phi) is 6.90. The van der Waals surface area contributed by atoms with E-state index in [1.165, 1.54) is 23.4 Å². The summed E-state index contributed by atoms with van der Waals surface area (Å²) in [6.45, 7) is 2.64. The van der Waals surface area contributed by atoms with Crippen molar-refractivity contribution in [3.8, 4) is 11.1 Å². The molecule has 0 radical (unpaired) electrons. The van der Waals surface area contributed by atoms with Crippen LogP contribution in [0.2, 0.25) is 0 Å². The highest BCUT2D eigenvalue weighted by Gasteiger charge is 2.22. The zero-order valence-corrected chi connectivity index (χ0v) is 18.6. The minimum atomic E-state index is -0.643. The largest absolute Gasteiger partial charge is 0.307 e. The third-order valence-corrected chi connectivity index (χ3v) is 5.40. The van der Waals surface area contributed by atoms with Crippen LogP contribution in [0.1, 0.15) is 22.7 Å². The molecule has 0 spiro atoms. The minimum Gasteiger partial charge on any atom is -0.307 e. The number of carbonyl (C=O) groups is 1. The fourth-order valence-electron chi connectivity index (χ4n) is 3.57. The van der Waals surface area contributed by atoms with E-state index in [2.05, 4.69) is 45.0 Å². The van der Waals surface area contributed by atoms with Crippen LogP contribution >= 0.6 is 0 Å². The summed E-state index contributed by atoms with van der Waals surface area (Å²) in [7, 11) is 1.79. The average molecular weight is 444 g/mol. The molecule has 0 unspecified atom stereocenters. The van der Waals surface area contributed by atoms with Crippen LogP contribution in [-0.4, -0.2) is 27.2 Å². The summed E-state index contributed by atoms with van der Waals surface area (Å²) in [5.41, 5.74) is 4.53. The minimum absolute atomic E-state index is 0.103. The first-order chi connectivity index (χ1) is 16.0. The van der Waals surface area contributed by atoms with Crippen molar-refractivity contribution in [2.24, 2.45) is 7.05 Å². The lowest BCUT2D eigenvalue weighted by Crippen LogP contribution is -2.34. The van der Waals surface area contributed by atoms with E-state index >= 15 is 0 Å². The van der Waals surface area contributed by atoms with Gasteiger partial charge in [-0.2, -0.15) is 5.10 Å². The van der Waals surface area contributed by atoms with Crippen LogP contribution in [0.5, 0.6) is 0 Å². The third kappa shape index (κ3) is 5.70. The molecule has 168 valence electrons. The molecule has 7 heteroatoms. The Labute approximate surface area is 192 Å². The zero-order valence-electron chi connectivity index (χ0n) is 18.6. The molecule has 0 saturated heterocycles. The van der Waals surface area contributed by atoms with Gasteiger partial charge in [-0.3, -0.25) is 9.48 Å². The second kappa shape index (κ2) is 10.2. The van der Waals surface area contributed by atoms with Crippen LogP contribution in [0.3, 0.4) is 0 Å². The number of nitrogens with one attached hydrogen (secondary N) is 2. The SMILES string of the molecule is Cc1ccc(CCN[C@H](C(=O)Nc2ncc(-c3cnn(C)c3)cc2F)c2ccccc2)cc1.